The molecule has 0 radical (unpaired) electrons. The number of unbranched alkanes of at least 4 members (excludes halogenated alkanes) is 4. The van der Waals surface area contributed by atoms with Crippen LogP contribution < -0.4 is 0 Å². The molecule has 13 nitrogen and oxygen atoms in total. The highest BCUT2D eigenvalue weighted by Gasteiger charge is 2.42. The molecule has 0 aromatic heterocycles. The highest BCUT2D eigenvalue weighted by atomic mass is 32.2. The summed E-state index contributed by atoms with van der Waals surface area (Å²) in [6.07, 6.45) is 5.04. The van der Waals surface area contributed by atoms with E-state index < -0.39 is 79.1 Å². The van der Waals surface area contributed by atoms with Gasteiger partial charge < -0.3 is 0 Å². The fraction of sp³-hybridized carbons (Fsp3) is 0.552. The van der Waals surface area contributed by atoms with Gasteiger partial charge in [0.05, 0.1) is 30.8 Å². The molecule has 0 unspecified atom stereocenters. The Morgan fingerprint density at radius 3 is 1.14 bits per heavy atom. The molecule has 1 aliphatic rings. The molecule has 2 aromatic carbocycles. The van der Waals surface area contributed by atoms with Gasteiger partial charge in [0.2, 0.25) is 20.0 Å². The number of carbonyl (C=O) groups excluding carboxylic acids is 1. The third-order valence-corrected chi connectivity index (χ3v) is 11.4. The first-order valence-electron chi connectivity index (χ1n) is 15.0. The van der Waals surface area contributed by atoms with E-state index in [1.165, 1.54) is 8.61 Å². The van der Waals surface area contributed by atoms with Crippen LogP contribution in [0.5, 0.6) is 0 Å². The summed E-state index contributed by atoms with van der Waals surface area (Å²) >= 11 is 0. The summed E-state index contributed by atoms with van der Waals surface area (Å²) in [4.78, 5) is 35.6. The lowest BCUT2D eigenvalue weighted by Gasteiger charge is -2.22. The maximum Gasteiger partial charge on any atom is 0.279 e. The van der Waals surface area contributed by atoms with Crippen LogP contribution in [0.3, 0.4) is 0 Å². The van der Waals surface area contributed by atoms with E-state index in [0.29, 0.717) is 51.4 Å². The molecule has 0 bridgehead atoms. The summed E-state index contributed by atoms with van der Waals surface area (Å²) in [6, 6.07) is 3.68. The molecule has 0 saturated carbocycles. The van der Waals surface area contributed by atoms with Gasteiger partial charge in [0.15, 0.2) is 5.78 Å². The lowest BCUT2D eigenvalue weighted by molar-refractivity contribution is -0.386. The van der Waals surface area contributed by atoms with Gasteiger partial charge in [0, 0.05) is 49.4 Å². The second kappa shape index (κ2) is 14.7. The first kappa shape index (κ1) is 35.2. The van der Waals surface area contributed by atoms with Gasteiger partial charge in [0.25, 0.3) is 11.4 Å². The first-order valence-corrected chi connectivity index (χ1v) is 17.9. The maximum atomic E-state index is 13.8. The molecule has 0 aliphatic heterocycles. The van der Waals surface area contributed by atoms with Crippen molar-refractivity contribution in [3.8, 4) is 11.1 Å². The number of benzene rings is 2. The molecule has 0 N–H and O–H groups in total. The molecular formula is C29H40N4O9S2. The van der Waals surface area contributed by atoms with E-state index in [-0.39, 0.29) is 26.2 Å². The summed E-state index contributed by atoms with van der Waals surface area (Å²) in [6.45, 7) is 8.30. The summed E-state index contributed by atoms with van der Waals surface area (Å²) in [7, 11) is -8.56. The molecule has 2 aromatic rings. The van der Waals surface area contributed by atoms with Crippen LogP contribution in [-0.2, 0) is 20.0 Å². The van der Waals surface area contributed by atoms with E-state index in [1.54, 1.807) is 0 Å². The average molecular weight is 653 g/mol. The van der Waals surface area contributed by atoms with Crippen LogP contribution in [0.15, 0.2) is 34.1 Å². The fourth-order valence-electron chi connectivity index (χ4n) is 5.16. The van der Waals surface area contributed by atoms with Crippen molar-refractivity contribution in [1.29, 1.82) is 0 Å². The number of ketones is 1. The van der Waals surface area contributed by atoms with E-state index in [0.717, 1.165) is 24.3 Å². The standard InChI is InChI=1S/C29H40N4O9S2/c1-5-9-13-30(14-10-6-2)43(39,40)21-17-23-27(25(19-21)32(35)36)28-24(29(23)34)18-22(20-26(28)33(37)38)44(41,42)31(15-11-7-3)16-12-8-4/h17-20H,5-16H2,1-4H3. The Bertz CT molecular complexity index is 1500. The van der Waals surface area contributed by atoms with Crippen molar-refractivity contribution >= 4 is 37.2 Å². The van der Waals surface area contributed by atoms with Crippen molar-refractivity contribution in [3.63, 3.8) is 0 Å². The zero-order valence-corrected chi connectivity index (χ0v) is 27.2. The van der Waals surface area contributed by atoms with E-state index in [4.69, 9.17) is 0 Å². The second-order valence-corrected chi connectivity index (χ2v) is 14.7. The van der Waals surface area contributed by atoms with Gasteiger partial charge >= 0.3 is 0 Å². The Hall–Kier alpha value is -3.27. The van der Waals surface area contributed by atoms with Crippen LogP contribution in [0.2, 0.25) is 0 Å². The van der Waals surface area contributed by atoms with E-state index in [2.05, 4.69) is 0 Å². The van der Waals surface area contributed by atoms with Gasteiger partial charge in [-0.25, -0.2) is 16.8 Å². The molecule has 0 spiro atoms. The van der Waals surface area contributed by atoms with Crippen molar-refractivity contribution in [2.45, 2.75) is 88.9 Å². The van der Waals surface area contributed by atoms with Crippen LogP contribution >= 0.6 is 0 Å². The molecule has 3 rings (SSSR count). The monoisotopic (exact) mass is 652 g/mol. The van der Waals surface area contributed by atoms with Crippen LogP contribution in [0.1, 0.15) is 95.0 Å². The fourth-order valence-corrected chi connectivity index (χ4v) is 8.29. The number of hydrogen-bond acceptors (Lipinski definition) is 9. The van der Waals surface area contributed by atoms with E-state index in [9.17, 15) is 41.9 Å². The zero-order chi connectivity index (χ0) is 32.8. The SMILES string of the molecule is CCCCN(CCCC)S(=O)(=O)c1cc2c(c([N+](=O)[O-])c1)-c1c(cc(S(=O)(=O)N(CCCC)CCCC)cc1[N+](=O)[O-])C2=O. The molecule has 0 saturated heterocycles. The van der Waals surface area contributed by atoms with Crippen LogP contribution in [0, 0.1) is 20.2 Å². The Labute approximate surface area is 258 Å². The number of nitro groups is 2. The number of nitro benzene ring substituents is 2. The quantitative estimate of drug-likeness (QED) is 0.120. The van der Waals surface area contributed by atoms with Crippen molar-refractivity contribution in [1.82, 2.24) is 8.61 Å². The zero-order valence-electron chi connectivity index (χ0n) is 25.6. The van der Waals surface area contributed by atoms with Crippen LogP contribution in [-0.4, -0.2) is 67.3 Å². The van der Waals surface area contributed by atoms with Gasteiger partial charge in [-0.05, 0) is 37.8 Å². The van der Waals surface area contributed by atoms with Gasteiger partial charge in [0.1, 0.15) is 0 Å². The lowest BCUT2D eigenvalue weighted by atomic mass is 10.0. The third-order valence-electron chi connectivity index (χ3n) is 7.63. The number of rotatable bonds is 18. The van der Waals surface area contributed by atoms with Gasteiger partial charge in [-0.2, -0.15) is 8.61 Å². The minimum absolute atomic E-state index is 0.178. The second-order valence-electron chi connectivity index (χ2n) is 10.8. The average Bonchev–Trinajstić information content (AvgIpc) is 3.27. The largest absolute Gasteiger partial charge is 0.289 e. The molecular weight excluding hydrogens is 612 g/mol. The summed E-state index contributed by atoms with van der Waals surface area (Å²) in [5.41, 5.74) is -3.16. The summed E-state index contributed by atoms with van der Waals surface area (Å²) in [5, 5.41) is 24.6. The van der Waals surface area contributed by atoms with Gasteiger partial charge in [-0.15, -0.1) is 0 Å². The Morgan fingerprint density at radius 1 is 0.591 bits per heavy atom. The first-order chi connectivity index (χ1) is 20.8. The molecule has 0 amide bonds. The molecule has 0 heterocycles. The van der Waals surface area contributed by atoms with Crippen molar-refractivity contribution < 1.29 is 31.5 Å². The number of sulfonamides is 2. The van der Waals surface area contributed by atoms with E-state index in [1.807, 2.05) is 27.7 Å². The Balaban J connectivity index is 2.28. The third kappa shape index (κ3) is 7.00. The highest BCUT2D eigenvalue weighted by molar-refractivity contribution is 7.89. The number of fused-ring (bicyclic) bond motifs is 3. The normalized spacial score (nSPS) is 13.0. The van der Waals surface area contributed by atoms with Crippen LogP contribution in [0.4, 0.5) is 11.4 Å². The predicted molar refractivity (Wildman–Crippen MR) is 166 cm³/mol. The molecule has 0 atom stereocenters. The molecule has 0 fully saturated rings. The van der Waals surface area contributed by atoms with Gasteiger partial charge in [-0.1, -0.05) is 53.4 Å². The summed E-state index contributed by atoms with van der Waals surface area (Å²) in [5.74, 6) is -0.919. The highest BCUT2D eigenvalue weighted by Crippen LogP contribution is 2.49. The molecule has 1 aliphatic carbocycles. The van der Waals surface area contributed by atoms with Crippen molar-refractivity contribution in [2.75, 3.05) is 26.2 Å². The van der Waals surface area contributed by atoms with Crippen molar-refractivity contribution in [2.24, 2.45) is 0 Å². The Kier molecular flexibility index (Phi) is 11.7. The van der Waals surface area contributed by atoms with Gasteiger partial charge in [-0.3, -0.25) is 25.0 Å². The molecule has 44 heavy (non-hydrogen) atoms. The lowest BCUT2D eigenvalue weighted by Crippen LogP contribution is -2.33. The smallest absolute Gasteiger partial charge is 0.279 e. The number of carbonyl (C=O) groups is 1. The molecule has 242 valence electrons. The molecule has 15 heteroatoms. The maximum absolute atomic E-state index is 13.8. The minimum atomic E-state index is -4.28. The van der Waals surface area contributed by atoms with Crippen LogP contribution in [0.25, 0.3) is 11.1 Å². The topological polar surface area (TPSA) is 178 Å². The van der Waals surface area contributed by atoms with E-state index >= 15 is 0 Å². The predicted octanol–water partition coefficient (Wildman–Crippen LogP) is 5.90. The Morgan fingerprint density at radius 2 is 0.886 bits per heavy atom. The van der Waals surface area contributed by atoms with Crippen molar-refractivity contribution in [3.05, 3.63) is 55.6 Å². The number of nitrogens with zero attached hydrogens (tertiary/aromatic N) is 4. The summed E-state index contributed by atoms with van der Waals surface area (Å²) < 4.78 is 57.3. The minimum Gasteiger partial charge on any atom is -0.289 e. The number of hydrogen-bond donors (Lipinski definition) is 0.